The van der Waals surface area contributed by atoms with E-state index in [1.165, 1.54) is 32.4 Å². The maximum Gasteiger partial charge on any atom is 0.339 e. The number of hydrogen-bond donors (Lipinski definition) is 2. The number of aromatic amines is 1. The van der Waals surface area contributed by atoms with Crippen molar-refractivity contribution in [2.24, 2.45) is 0 Å². The number of carbonyl (C=O) groups excluding carboxylic acids is 3. The van der Waals surface area contributed by atoms with E-state index in [1.807, 2.05) is 30.5 Å². The molecule has 0 saturated heterocycles. The molecule has 2 N–H and O–H groups in total. The van der Waals surface area contributed by atoms with E-state index >= 15 is 0 Å². The van der Waals surface area contributed by atoms with E-state index in [1.54, 1.807) is 0 Å². The van der Waals surface area contributed by atoms with Crippen LogP contribution in [0.3, 0.4) is 0 Å². The SMILES string of the molecule is COC(=O)c1ccc(C(=O)OC)c(NC(=O)Cc2ccc3[nH]ccc3c2)c1. The zero-order valence-electron chi connectivity index (χ0n) is 14.9. The summed E-state index contributed by atoms with van der Waals surface area (Å²) >= 11 is 0. The molecule has 1 heterocycles. The van der Waals surface area contributed by atoms with Crippen molar-refractivity contribution < 1.29 is 23.9 Å². The highest BCUT2D eigenvalue weighted by Crippen LogP contribution is 2.21. The van der Waals surface area contributed by atoms with Crippen LogP contribution in [0.15, 0.2) is 48.7 Å². The minimum Gasteiger partial charge on any atom is -0.465 e. The number of anilines is 1. The summed E-state index contributed by atoms with van der Waals surface area (Å²) in [4.78, 5) is 39.3. The van der Waals surface area contributed by atoms with Crippen LogP contribution in [-0.2, 0) is 20.7 Å². The third-order valence-corrected chi connectivity index (χ3v) is 4.10. The minimum absolute atomic E-state index is 0.115. The molecule has 0 atom stereocenters. The van der Waals surface area contributed by atoms with E-state index in [-0.39, 0.29) is 29.1 Å². The highest BCUT2D eigenvalue weighted by Gasteiger charge is 2.17. The molecule has 0 radical (unpaired) electrons. The second kappa shape index (κ2) is 7.74. The van der Waals surface area contributed by atoms with E-state index < -0.39 is 11.9 Å². The van der Waals surface area contributed by atoms with Crippen molar-refractivity contribution in [3.63, 3.8) is 0 Å². The van der Waals surface area contributed by atoms with Gasteiger partial charge in [0.2, 0.25) is 5.91 Å². The van der Waals surface area contributed by atoms with Crippen LogP contribution >= 0.6 is 0 Å². The van der Waals surface area contributed by atoms with Crippen LogP contribution in [0.25, 0.3) is 10.9 Å². The number of carbonyl (C=O) groups is 3. The van der Waals surface area contributed by atoms with Crippen molar-refractivity contribution in [3.8, 4) is 0 Å². The fourth-order valence-corrected chi connectivity index (χ4v) is 2.77. The standard InChI is InChI=1S/C20H18N2O5/c1-26-19(24)14-4-5-15(20(25)27-2)17(11-14)22-18(23)10-12-3-6-16-13(9-12)7-8-21-16/h3-9,11,21H,10H2,1-2H3,(H,22,23). The van der Waals surface area contributed by atoms with Gasteiger partial charge in [-0.15, -0.1) is 0 Å². The van der Waals surface area contributed by atoms with Crippen molar-refractivity contribution >= 4 is 34.4 Å². The first-order chi connectivity index (χ1) is 13.0. The number of benzene rings is 2. The number of methoxy groups -OCH3 is 2. The Bertz CT molecular complexity index is 1020. The van der Waals surface area contributed by atoms with Crippen LogP contribution < -0.4 is 5.32 Å². The van der Waals surface area contributed by atoms with Crippen molar-refractivity contribution in [1.29, 1.82) is 0 Å². The van der Waals surface area contributed by atoms with Crippen molar-refractivity contribution in [1.82, 2.24) is 4.98 Å². The van der Waals surface area contributed by atoms with Gasteiger partial charge in [0.05, 0.1) is 37.5 Å². The molecule has 0 fully saturated rings. The molecule has 0 unspecified atom stereocenters. The third-order valence-electron chi connectivity index (χ3n) is 4.10. The predicted molar refractivity (Wildman–Crippen MR) is 99.8 cm³/mol. The van der Waals surface area contributed by atoms with Crippen molar-refractivity contribution in [2.75, 3.05) is 19.5 Å². The van der Waals surface area contributed by atoms with Gasteiger partial charge in [0, 0.05) is 11.7 Å². The van der Waals surface area contributed by atoms with E-state index in [0.29, 0.717) is 0 Å². The number of aromatic nitrogens is 1. The Morgan fingerprint density at radius 2 is 1.74 bits per heavy atom. The molecule has 0 aliphatic carbocycles. The Morgan fingerprint density at radius 3 is 2.48 bits per heavy atom. The topological polar surface area (TPSA) is 97.5 Å². The Balaban J connectivity index is 1.84. The number of amides is 1. The zero-order chi connectivity index (χ0) is 19.4. The highest BCUT2D eigenvalue weighted by atomic mass is 16.5. The van der Waals surface area contributed by atoms with Gasteiger partial charge in [0.1, 0.15) is 0 Å². The Labute approximate surface area is 155 Å². The number of esters is 2. The number of ether oxygens (including phenoxy) is 2. The summed E-state index contributed by atoms with van der Waals surface area (Å²) in [5, 5.41) is 3.68. The van der Waals surface area contributed by atoms with Crippen LogP contribution in [0.5, 0.6) is 0 Å². The third kappa shape index (κ3) is 3.98. The summed E-state index contributed by atoms with van der Waals surface area (Å²) in [6, 6.07) is 11.8. The molecule has 7 nitrogen and oxygen atoms in total. The quantitative estimate of drug-likeness (QED) is 0.677. The lowest BCUT2D eigenvalue weighted by atomic mass is 10.1. The molecule has 0 aliphatic heterocycles. The van der Waals surface area contributed by atoms with Crippen LogP contribution in [0.2, 0.25) is 0 Å². The molecule has 0 spiro atoms. The normalized spacial score (nSPS) is 10.4. The fourth-order valence-electron chi connectivity index (χ4n) is 2.77. The number of fused-ring (bicyclic) bond motifs is 1. The van der Waals surface area contributed by atoms with E-state index in [2.05, 4.69) is 15.0 Å². The first-order valence-corrected chi connectivity index (χ1v) is 8.18. The molecule has 27 heavy (non-hydrogen) atoms. The second-order valence-corrected chi connectivity index (χ2v) is 5.87. The number of H-pyrrole nitrogens is 1. The van der Waals surface area contributed by atoms with Crippen LogP contribution in [-0.4, -0.2) is 37.0 Å². The maximum absolute atomic E-state index is 12.5. The van der Waals surface area contributed by atoms with Gasteiger partial charge in [0.15, 0.2) is 0 Å². The monoisotopic (exact) mass is 366 g/mol. The second-order valence-electron chi connectivity index (χ2n) is 5.87. The number of nitrogens with one attached hydrogen (secondary N) is 2. The molecule has 1 aromatic heterocycles. The molecule has 0 aliphatic rings. The molecule has 7 heteroatoms. The van der Waals surface area contributed by atoms with Crippen molar-refractivity contribution in [2.45, 2.75) is 6.42 Å². The fraction of sp³-hybridized carbons (Fsp3) is 0.150. The minimum atomic E-state index is -0.615. The first-order valence-electron chi connectivity index (χ1n) is 8.18. The number of hydrogen-bond acceptors (Lipinski definition) is 5. The van der Waals surface area contributed by atoms with E-state index in [9.17, 15) is 14.4 Å². The van der Waals surface area contributed by atoms with Gasteiger partial charge < -0.3 is 19.8 Å². The Morgan fingerprint density at radius 1 is 0.963 bits per heavy atom. The average molecular weight is 366 g/mol. The van der Waals surface area contributed by atoms with Gasteiger partial charge in [0.25, 0.3) is 0 Å². The first kappa shape index (κ1) is 18.2. The van der Waals surface area contributed by atoms with Gasteiger partial charge in [-0.1, -0.05) is 6.07 Å². The summed E-state index contributed by atoms with van der Waals surface area (Å²) < 4.78 is 9.41. The van der Waals surface area contributed by atoms with Crippen molar-refractivity contribution in [3.05, 3.63) is 65.4 Å². The average Bonchev–Trinajstić information content (AvgIpc) is 3.14. The summed E-state index contributed by atoms with van der Waals surface area (Å²) in [6.07, 6.45) is 1.94. The van der Waals surface area contributed by atoms with E-state index in [4.69, 9.17) is 4.74 Å². The molecule has 138 valence electrons. The highest BCUT2D eigenvalue weighted by molar-refractivity contribution is 6.04. The Hall–Kier alpha value is -3.61. The lowest BCUT2D eigenvalue weighted by Crippen LogP contribution is -2.18. The largest absolute Gasteiger partial charge is 0.465 e. The Kier molecular flexibility index (Phi) is 5.21. The summed E-state index contributed by atoms with van der Waals surface area (Å²) in [5.41, 5.74) is 2.37. The van der Waals surface area contributed by atoms with E-state index in [0.717, 1.165) is 16.5 Å². The van der Waals surface area contributed by atoms with Gasteiger partial charge in [-0.25, -0.2) is 9.59 Å². The molecule has 1 amide bonds. The molecule has 2 aromatic carbocycles. The van der Waals surface area contributed by atoms with Gasteiger partial charge in [-0.2, -0.15) is 0 Å². The summed E-state index contributed by atoms with van der Waals surface area (Å²) in [7, 11) is 2.50. The molecular weight excluding hydrogens is 348 g/mol. The molecule has 3 aromatic rings. The smallest absolute Gasteiger partial charge is 0.339 e. The van der Waals surface area contributed by atoms with Gasteiger partial charge in [-0.05, 0) is 47.3 Å². The van der Waals surface area contributed by atoms with Gasteiger partial charge >= 0.3 is 11.9 Å². The van der Waals surface area contributed by atoms with Crippen LogP contribution in [0.4, 0.5) is 5.69 Å². The predicted octanol–water partition coefficient (Wildman–Crippen LogP) is 2.92. The molecule has 3 rings (SSSR count). The summed E-state index contributed by atoms with van der Waals surface area (Å²) in [6.45, 7) is 0. The molecule has 0 bridgehead atoms. The lowest BCUT2D eigenvalue weighted by Gasteiger charge is -2.11. The maximum atomic E-state index is 12.5. The lowest BCUT2D eigenvalue weighted by molar-refractivity contribution is -0.115. The summed E-state index contributed by atoms with van der Waals surface area (Å²) in [5.74, 6) is -1.51. The molecule has 0 saturated carbocycles. The zero-order valence-corrected chi connectivity index (χ0v) is 14.9. The number of rotatable bonds is 5. The van der Waals surface area contributed by atoms with Crippen LogP contribution in [0.1, 0.15) is 26.3 Å². The molecular formula is C20H18N2O5. The van der Waals surface area contributed by atoms with Gasteiger partial charge in [-0.3, -0.25) is 4.79 Å². The van der Waals surface area contributed by atoms with Crippen LogP contribution in [0, 0.1) is 0 Å².